The van der Waals surface area contributed by atoms with Crippen LogP contribution in [-0.4, -0.2) is 26.9 Å². The second kappa shape index (κ2) is 7.88. The lowest BCUT2D eigenvalue weighted by Gasteiger charge is -2.21. The molecule has 2 heterocycles. The number of aromatic nitrogens is 4. The first-order valence-electron chi connectivity index (χ1n) is 10.5. The van der Waals surface area contributed by atoms with Crippen molar-refractivity contribution in [2.45, 2.75) is 37.6 Å². The number of rotatable bonds is 6. The highest BCUT2D eigenvalue weighted by Crippen LogP contribution is 2.40. The second-order valence-corrected chi connectivity index (χ2v) is 8.17. The summed E-state index contributed by atoms with van der Waals surface area (Å²) in [5, 5.41) is 14.9. The van der Waals surface area contributed by atoms with E-state index in [1.807, 2.05) is 12.1 Å². The molecule has 5 rings (SSSR count). The Morgan fingerprint density at radius 2 is 1.87 bits per heavy atom. The summed E-state index contributed by atoms with van der Waals surface area (Å²) in [7, 11) is 0. The highest BCUT2D eigenvalue weighted by Gasteiger charge is 2.28. The number of aromatic amines is 1. The quantitative estimate of drug-likeness (QED) is 0.450. The number of H-pyrrole nitrogens is 1. The first-order valence-corrected chi connectivity index (χ1v) is 10.5. The molecule has 3 atom stereocenters. The highest BCUT2D eigenvalue weighted by molar-refractivity contribution is 5.77. The van der Waals surface area contributed by atoms with Crippen molar-refractivity contribution in [1.82, 2.24) is 25.7 Å². The number of nitrogen functional groups attached to an aromatic ring is 1. The molecule has 0 saturated heterocycles. The van der Waals surface area contributed by atoms with Crippen molar-refractivity contribution in [2.24, 2.45) is 0 Å². The molecule has 4 N–H and O–H groups in total. The van der Waals surface area contributed by atoms with Crippen molar-refractivity contribution < 1.29 is 0 Å². The Labute approximate surface area is 175 Å². The van der Waals surface area contributed by atoms with Crippen molar-refractivity contribution in [3.05, 3.63) is 82.9 Å². The fraction of sp³-hybridized carbons (Fsp3) is 0.292. The van der Waals surface area contributed by atoms with Crippen LogP contribution in [0.4, 0.5) is 5.82 Å². The van der Waals surface area contributed by atoms with Crippen molar-refractivity contribution in [2.75, 3.05) is 12.3 Å². The van der Waals surface area contributed by atoms with Gasteiger partial charge in [-0.25, -0.2) is 10.1 Å². The first kappa shape index (κ1) is 18.8. The van der Waals surface area contributed by atoms with E-state index in [1.54, 1.807) is 0 Å². The van der Waals surface area contributed by atoms with E-state index in [1.165, 1.54) is 16.7 Å². The molecule has 6 heteroatoms. The fourth-order valence-corrected chi connectivity index (χ4v) is 4.82. The SMILES string of the molecule is CC1C[C@@H](NCCC(c2ccccc2)c2cc(N)nc3[nH]nnc23)c2ccccc21. The molecule has 30 heavy (non-hydrogen) atoms. The summed E-state index contributed by atoms with van der Waals surface area (Å²) in [5.74, 6) is 1.24. The maximum absolute atomic E-state index is 6.09. The Balaban J connectivity index is 1.41. The number of hydrogen-bond acceptors (Lipinski definition) is 5. The van der Waals surface area contributed by atoms with E-state index in [-0.39, 0.29) is 5.92 Å². The van der Waals surface area contributed by atoms with Crippen molar-refractivity contribution >= 4 is 17.0 Å². The van der Waals surface area contributed by atoms with Gasteiger partial charge in [0.1, 0.15) is 11.3 Å². The first-order chi connectivity index (χ1) is 14.7. The average Bonchev–Trinajstić information content (AvgIpc) is 3.36. The van der Waals surface area contributed by atoms with Crippen LogP contribution in [0.5, 0.6) is 0 Å². The van der Waals surface area contributed by atoms with Gasteiger partial charge in [-0.15, -0.1) is 5.10 Å². The van der Waals surface area contributed by atoms with Gasteiger partial charge < -0.3 is 11.1 Å². The van der Waals surface area contributed by atoms with E-state index in [9.17, 15) is 0 Å². The standard InChI is InChI=1S/C24H26N6/c1-15-13-21(19-10-6-5-9-17(15)19)26-12-11-18(16-7-3-2-4-8-16)20-14-22(25)27-24-23(20)28-30-29-24/h2-10,14-15,18,21,26H,11-13H2,1H3,(H3,25,27,28,29,30)/t15?,18?,21-/m1/s1. The minimum absolute atomic E-state index is 0.158. The van der Waals surface area contributed by atoms with Crippen molar-refractivity contribution in [3.63, 3.8) is 0 Å². The van der Waals surface area contributed by atoms with Crippen LogP contribution < -0.4 is 11.1 Å². The zero-order valence-electron chi connectivity index (χ0n) is 17.0. The smallest absolute Gasteiger partial charge is 0.178 e. The van der Waals surface area contributed by atoms with Gasteiger partial charge >= 0.3 is 0 Å². The Kier molecular flexibility index (Phi) is 4.93. The van der Waals surface area contributed by atoms with Gasteiger partial charge in [0, 0.05) is 12.0 Å². The number of nitrogens with one attached hydrogen (secondary N) is 2. The number of hydrogen-bond donors (Lipinski definition) is 3. The lowest BCUT2D eigenvalue weighted by atomic mass is 9.88. The Morgan fingerprint density at radius 3 is 2.70 bits per heavy atom. The monoisotopic (exact) mass is 398 g/mol. The van der Waals surface area contributed by atoms with Gasteiger partial charge in [0.2, 0.25) is 0 Å². The Hall–Kier alpha value is -3.25. The Bertz CT molecular complexity index is 1150. The predicted octanol–water partition coefficient (Wildman–Crippen LogP) is 4.30. The molecule has 0 saturated carbocycles. The third kappa shape index (κ3) is 3.44. The molecule has 152 valence electrons. The maximum Gasteiger partial charge on any atom is 0.178 e. The molecular formula is C24H26N6. The summed E-state index contributed by atoms with van der Waals surface area (Å²) in [5.41, 5.74) is 12.7. The number of benzene rings is 2. The lowest BCUT2D eigenvalue weighted by molar-refractivity contribution is 0.489. The maximum atomic E-state index is 6.09. The highest BCUT2D eigenvalue weighted by atomic mass is 15.3. The van der Waals surface area contributed by atoms with Gasteiger partial charge in [0.15, 0.2) is 5.65 Å². The van der Waals surface area contributed by atoms with Crippen LogP contribution >= 0.6 is 0 Å². The van der Waals surface area contributed by atoms with E-state index in [4.69, 9.17) is 5.73 Å². The van der Waals surface area contributed by atoms with Crippen LogP contribution in [0.3, 0.4) is 0 Å². The third-order valence-corrected chi connectivity index (χ3v) is 6.24. The van der Waals surface area contributed by atoms with Crippen LogP contribution in [0.1, 0.15) is 59.9 Å². The zero-order chi connectivity index (χ0) is 20.5. The third-order valence-electron chi connectivity index (χ3n) is 6.24. The average molecular weight is 399 g/mol. The molecule has 0 fully saturated rings. The molecule has 1 aliphatic carbocycles. The molecule has 1 aliphatic rings. The van der Waals surface area contributed by atoms with Crippen LogP contribution in [0, 0.1) is 0 Å². The van der Waals surface area contributed by atoms with Gasteiger partial charge in [0.05, 0.1) is 0 Å². The molecule has 0 bridgehead atoms. The van der Waals surface area contributed by atoms with E-state index < -0.39 is 0 Å². The second-order valence-electron chi connectivity index (χ2n) is 8.17. The number of nitrogens with two attached hydrogens (primary N) is 1. The van der Waals surface area contributed by atoms with Gasteiger partial charge in [0.25, 0.3) is 0 Å². The van der Waals surface area contributed by atoms with Gasteiger partial charge in [-0.05, 0) is 53.6 Å². The molecule has 0 spiro atoms. The summed E-state index contributed by atoms with van der Waals surface area (Å²) in [6.45, 7) is 3.21. The summed E-state index contributed by atoms with van der Waals surface area (Å²) < 4.78 is 0. The molecule has 0 aliphatic heterocycles. The number of pyridine rings is 1. The molecule has 0 radical (unpaired) electrons. The van der Waals surface area contributed by atoms with Gasteiger partial charge in [-0.3, -0.25) is 0 Å². The zero-order valence-corrected chi connectivity index (χ0v) is 17.0. The van der Waals surface area contributed by atoms with Crippen LogP contribution in [-0.2, 0) is 0 Å². The van der Waals surface area contributed by atoms with Crippen molar-refractivity contribution in [3.8, 4) is 0 Å². The van der Waals surface area contributed by atoms with Crippen LogP contribution in [0.25, 0.3) is 11.2 Å². The summed E-state index contributed by atoms with van der Waals surface area (Å²) in [4.78, 5) is 4.33. The number of nitrogens with zero attached hydrogens (tertiary/aromatic N) is 3. The van der Waals surface area contributed by atoms with Crippen molar-refractivity contribution in [1.29, 1.82) is 0 Å². The largest absolute Gasteiger partial charge is 0.384 e. The summed E-state index contributed by atoms with van der Waals surface area (Å²) in [6.07, 6.45) is 2.08. The van der Waals surface area contributed by atoms with Gasteiger partial charge in [-0.1, -0.05) is 66.7 Å². The topological polar surface area (TPSA) is 92.5 Å². The molecule has 2 aromatic heterocycles. The molecule has 2 unspecified atom stereocenters. The predicted molar refractivity (Wildman–Crippen MR) is 119 cm³/mol. The van der Waals surface area contributed by atoms with E-state index in [0.717, 1.165) is 30.5 Å². The van der Waals surface area contributed by atoms with Crippen LogP contribution in [0.15, 0.2) is 60.7 Å². The van der Waals surface area contributed by atoms with E-state index in [0.29, 0.717) is 23.4 Å². The minimum atomic E-state index is 0.158. The van der Waals surface area contributed by atoms with Crippen LogP contribution in [0.2, 0.25) is 0 Å². The molecule has 4 aromatic rings. The van der Waals surface area contributed by atoms with E-state index in [2.05, 4.69) is 81.2 Å². The number of fused-ring (bicyclic) bond motifs is 2. The summed E-state index contributed by atoms with van der Waals surface area (Å²) >= 11 is 0. The normalized spacial score (nSPS) is 19.1. The summed E-state index contributed by atoms with van der Waals surface area (Å²) in [6, 6.07) is 21.7. The Morgan fingerprint density at radius 1 is 1.10 bits per heavy atom. The molecule has 6 nitrogen and oxygen atoms in total. The molecular weight excluding hydrogens is 372 g/mol. The van der Waals surface area contributed by atoms with Gasteiger partial charge in [-0.2, -0.15) is 0 Å². The fourth-order valence-electron chi connectivity index (χ4n) is 4.82. The van der Waals surface area contributed by atoms with E-state index >= 15 is 0 Å². The molecule has 0 amide bonds. The molecule has 2 aromatic carbocycles. The number of anilines is 1. The minimum Gasteiger partial charge on any atom is -0.384 e. The lowest BCUT2D eigenvalue weighted by Crippen LogP contribution is -2.22.